The predicted octanol–water partition coefficient (Wildman–Crippen LogP) is 5.58. The summed E-state index contributed by atoms with van der Waals surface area (Å²) >= 11 is 0. The molecule has 8 heteroatoms. The number of fused-ring (bicyclic) bond motifs is 1. The largest absolute Gasteiger partial charge is 0.487 e. The highest BCUT2D eigenvalue weighted by molar-refractivity contribution is 5.93. The van der Waals surface area contributed by atoms with Crippen LogP contribution >= 0.6 is 0 Å². The minimum Gasteiger partial charge on any atom is -0.487 e. The van der Waals surface area contributed by atoms with Gasteiger partial charge in [-0.25, -0.2) is 9.59 Å². The quantitative estimate of drug-likeness (QED) is 0.538. The van der Waals surface area contributed by atoms with E-state index in [9.17, 15) is 9.59 Å². The maximum absolute atomic E-state index is 13.2. The number of benzene rings is 2. The van der Waals surface area contributed by atoms with Crippen LogP contribution in [0.3, 0.4) is 0 Å². The summed E-state index contributed by atoms with van der Waals surface area (Å²) < 4.78 is 17.4. The molecule has 0 saturated carbocycles. The molecule has 0 unspecified atom stereocenters. The number of anilines is 2. The lowest BCUT2D eigenvalue weighted by molar-refractivity contribution is 0.0240. The third-order valence-corrected chi connectivity index (χ3v) is 6.47. The highest BCUT2D eigenvalue weighted by atomic mass is 16.6. The van der Waals surface area contributed by atoms with Gasteiger partial charge in [-0.05, 0) is 49.4 Å². The van der Waals surface area contributed by atoms with E-state index < -0.39 is 5.60 Å². The fourth-order valence-electron chi connectivity index (χ4n) is 4.42. The molecule has 0 spiro atoms. The zero-order chi connectivity index (χ0) is 26.8. The molecule has 2 aliphatic heterocycles. The highest BCUT2D eigenvalue weighted by Gasteiger charge is 2.33. The molecule has 37 heavy (non-hydrogen) atoms. The third-order valence-electron chi connectivity index (χ3n) is 6.47. The van der Waals surface area contributed by atoms with E-state index >= 15 is 0 Å². The van der Waals surface area contributed by atoms with E-state index in [-0.39, 0.29) is 24.2 Å². The zero-order valence-corrected chi connectivity index (χ0v) is 22.9. The Morgan fingerprint density at radius 3 is 2.14 bits per heavy atom. The molecule has 2 amide bonds. The number of ether oxygens (including phenoxy) is 3. The molecular weight excluding hydrogens is 470 g/mol. The molecule has 1 saturated heterocycles. The number of carbonyl (C=O) groups is 2. The Morgan fingerprint density at radius 1 is 0.865 bits per heavy atom. The van der Waals surface area contributed by atoms with Gasteiger partial charge in [-0.1, -0.05) is 51.1 Å². The Hall–Kier alpha value is -3.42. The van der Waals surface area contributed by atoms with Crippen LogP contribution in [0.1, 0.15) is 52.7 Å². The summed E-state index contributed by atoms with van der Waals surface area (Å²) in [6.45, 7) is 15.5. The number of carbonyl (C=O) groups excluding carboxylic acids is 2. The fourth-order valence-corrected chi connectivity index (χ4v) is 4.42. The lowest BCUT2D eigenvalue weighted by atomic mass is 9.86. The lowest BCUT2D eigenvalue weighted by Gasteiger charge is -2.39. The van der Waals surface area contributed by atoms with Crippen molar-refractivity contribution in [2.75, 3.05) is 49.1 Å². The maximum Gasteiger partial charge on any atom is 0.414 e. The van der Waals surface area contributed by atoms with E-state index in [1.54, 1.807) is 9.80 Å². The van der Waals surface area contributed by atoms with Gasteiger partial charge in [0.2, 0.25) is 0 Å². The zero-order valence-electron chi connectivity index (χ0n) is 22.9. The number of hydrogen-bond acceptors (Lipinski definition) is 6. The van der Waals surface area contributed by atoms with Gasteiger partial charge >= 0.3 is 12.2 Å². The van der Waals surface area contributed by atoms with Crippen LogP contribution in [0, 0.1) is 0 Å². The Balaban J connectivity index is 1.57. The first kappa shape index (κ1) is 26.6. The van der Waals surface area contributed by atoms with Gasteiger partial charge in [0.15, 0.2) is 5.75 Å². The van der Waals surface area contributed by atoms with Crippen LogP contribution in [0.2, 0.25) is 0 Å². The Bertz CT molecular complexity index is 1110. The molecular formula is C29H39N3O5. The first-order valence-corrected chi connectivity index (χ1v) is 12.9. The molecule has 8 nitrogen and oxygen atoms in total. The van der Waals surface area contributed by atoms with E-state index in [0.717, 1.165) is 22.5 Å². The van der Waals surface area contributed by atoms with Crippen molar-refractivity contribution in [2.45, 2.75) is 59.2 Å². The van der Waals surface area contributed by atoms with Crippen LogP contribution in [0.25, 0.3) is 0 Å². The second-order valence-electron chi connectivity index (χ2n) is 11.6. The monoisotopic (exact) mass is 509 g/mol. The van der Waals surface area contributed by atoms with Gasteiger partial charge in [0.05, 0.1) is 17.9 Å². The van der Waals surface area contributed by atoms with E-state index in [0.29, 0.717) is 45.1 Å². The number of nitrogens with zero attached hydrogens (tertiary/aromatic N) is 3. The van der Waals surface area contributed by atoms with E-state index in [2.05, 4.69) is 31.7 Å². The number of amides is 2. The van der Waals surface area contributed by atoms with Crippen molar-refractivity contribution in [3.8, 4) is 5.75 Å². The highest BCUT2D eigenvalue weighted by Crippen LogP contribution is 2.44. The molecule has 2 aromatic carbocycles. The molecule has 4 rings (SSSR count). The SMILES string of the molecule is CC(C)(C)OC(=O)N1CCN(c2cc(C(C)(C)C)cc3c2OCCN3C(=O)OCc2ccccc2)CC1. The molecule has 1 fully saturated rings. The molecule has 200 valence electrons. The van der Waals surface area contributed by atoms with E-state index in [1.807, 2.05) is 57.2 Å². The standard InChI is InChI=1S/C29H39N3O5/c1-28(2,3)22-18-23(30-12-14-31(15-13-30)26(33)37-29(4,5)6)25-24(19-22)32(16-17-35-25)27(34)36-20-21-10-8-7-9-11-21/h7-11,18-19H,12-17,20H2,1-6H3. The first-order valence-electron chi connectivity index (χ1n) is 12.9. The van der Waals surface area contributed by atoms with Gasteiger partial charge in [-0.15, -0.1) is 0 Å². The van der Waals surface area contributed by atoms with Gasteiger partial charge in [0, 0.05) is 26.2 Å². The summed E-state index contributed by atoms with van der Waals surface area (Å²) in [5.41, 5.74) is 3.03. The molecule has 2 heterocycles. The summed E-state index contributed by atoms with van der Waals surface area (Å²) in [5.74, 6) is 0.682. The average molecular weight is 510 g/mol. The molecule has 0 N–H and O–H groups in total. The second-order valence-corrected chi connectivity index (χ2v) is 11.6. The predicted molar refractivity (Wildman–Crippen MR) is 145 cm³/mol. The van der Waals surface area contributed by atoms with Crippen molar-refractivity contribution in [1.29, 1.82) is 0 Å². The summed E-state index contributed by atoms with van der Waals surface area (Å²) in [7, 11) is 0. The fraction of sp³-hybridized carbons (Fsp3) is 0.517. The maximum atomic E-state index is 13.2. The molecule has 2 aromatic rings. The molecule has 0 aliphatic carbocycles. The molecule has 0 aromatic heterocycles. The van der Waals surface area contributed by atoms with Crippen molar-refractivity contribution < 1.29 is 23.8 Å². The van der Waals surface area contributed by atoms with Crippen LogP contribution in [-0.4, -0.2) is 62.0 Å². The van der Waals surface area contributed by atoms with Gasteiger partial charge in [0.1, 0.15) is 18.8 Å². The molecule has 0 bridgehead atoms. The average Bonchev–Trinajstić information content (AvgIpc) is 2.85. The Labute approximate surface area is 220 Å². The Kier molecular flexibility index (Phi) is 7.57. The number of piperazine rings is 1. The smallest absolute Gasteiger partial charge is 0.414 e. The van der Waals surface area contributed by atoms with Crippen LogP contribution in [0.15, 0.2) is 42.5 Å². The minimum absolute atomic E-state index is 0.140. The lowest BCUT2D eigenvalue weighted by Crippen LogP contribution is -2.50. The minimum atomic E-state index is -0.527. The van der Waals surface area contributed by atoms with Crippen LogP contribution in [0.5, 0.6) is 5.75 Å². The van der Waals surface area contributed by atoms with Gasteiger partial charge < -0.3 is 24.0 Å². The van der Waals surface area contributed by atoms with Crippen molar-refractivity contribution in [1.82, 2.24) is 4.90 Å². The molecule has 2 aliphatic rings. The normalized spacial score (nSPS) is 16.1. The topological polar surface area (TPSA) is 71.6 Å². The van der Waals surface area contributed by atoms with E-state index in [4.69, 9.17) is 14.2 Å². The van der Waals surface area contributed by atoms with Crippen LogP contribution in [-0.2, 0) is 21.5 Å². The van der Waals surface area contributed by atoms with Crippen molar-refractivity contribution in [3.05, 3.63) is 53.6 Å². The van der Waals surface area contributed by atoms with Crippen molar-refractivity contribution in [3.63, 3.8) is 0 Å². The molecule has 0 radical (unpaired) electrons. The summed E-state index contributed by atoms with van der Waals surface area (Å²) in [5, 5.41) is 0. The second kappa shape index (κ2) is 10.5. The Morgan fingerprint density at radius 2 is 1.51 bits per heavy atom. The molecule has 0 atom stereocenters. The third kappa shape index (κ3) is 6.48. The van der Waals surface area contributed by atoms with Gasteiger partial charge in [-0.2, -0.15) is 0 Å². The van der Waals surface area contributed by atoms with Crippen molar-refractivity contribution in [2.24, 2.45) is 0 Å². The number of rotatable bonds is 3. The van der Waals surface area contributed by atoms with Gasteiger partial charge in [-0.3, -0.25) is 4.90 Å². The van der Waals surface area contributed by atoms with Gasteiger partial charge in [0.25, 0.3) is 0 Å². The summed E-state index contributed by atoms with van der Waals surface area (Å²) in [6.07, 6.45) is -0.679. The summed E-state index contributed by atoms with van der Waals surface area (Å²) in [6, 6.07) is 13.9. The van der Waals surface area contributed by atoms with Crippen LogP contribution < -0.4 is 14.5 Å². The first-order chi connectivity index (χ1) is 17.4. The number of hydrogen-bond donors (Lipinski definition) is 0. The van der Waals surface area contributed by atoms with Crippen molar-refractivity contribution >= 4 is 23.6 Å². The van der Waals surface area contributed by atoms with Crippen LogP contribution in [0.4, 0.5) is 21.0 Å². The summed E-state index contributed by atoms with van der Waals surface area (Å²) in [4.78, 5) is 31.4. The van der Waals surface area contributed by atoms with E-state index in [1.165, 1.54) is 0 Å².